The van der Waals surface area contributed by atoms with Gasteiger partial charge >= 0.3 is 0 Å². The molecule has 2 aromatic rings. The number of methoxy groups -OCH3 is 1. The SMILES string of the molecule is COc1ccc(Sc2ccccc2)cc1Br. The summed E-state index contributed by atoms with van der Waals surface area (Å²) < 4.78 is 6.18. The van der Waals surface area contributed by atoms with Crippen LogP contribution in [0, 0.1) is 0 Å². The van der Waals surface area contributed by atoms with Gasteiger partial charge in [-0.1, -0.05) is 30.0 Å². The molecule has 0 aliphatic carbocycles. The molecule has 0 aliphatic heterocycles. The molecule has 0 amide bonds. The molecule has 0 bridgehead atoms. The van der Waals surface area contributed by atoms with Crippen LogP contribution in [0.3, 0.4) is 0 Å². The summed E-state index contributed by atoms with van der Waals surface area (Å²) in [5.41, 5.74) is 0. The first kappa shape index (κ1) is 11.6. The first-order valence-electron chi connectivity index (χ1n) is 4.86. The van der Waals surface area contributed by atoms with Crippen molar-refractivity contribution in [2.45, 2.75) is 9.79 Å². The van der Waals surface area contributed by atoms with Gasteiger partial charge in [0.25, 0.3) is 0 Å². The van der Waals surface area contributed by atoms with E-state index in [4.69, 9.17) is 4.74 Å². The Morgan fingerprint density at radius 2 is 1.75 bits per heavy atom. The molecule has 0 heterocycles. The lowest BCUT2D eigenvalue weighted by Gasteiger charge is -2.05. The van der Waals surface area contributed by atoms with E-state index in [2.05, 4.69) is 40.2 Å². The van der Waals surface area contributed by atoms with Crippen molar-refractivity contribution in [3.05, 3.63) is 53.0 Å². The van der Waals surface area contributed by atoms with Crippen molar-refractivity contribution in [2.75, 3.05) is 7.11 Å². The predicted octanol–water partition coefficient (Wildman–Crippen LogP) is 4.61. The van der Waals surface area contributed by atoms with Crippen LogP contribution < -0.4 is 4.74 Å². The molecule has 1 nitrogen and oxygen atoms in total. The van der Waals surface area contributed by atoms with Gasteiger partial charge in [0, 0.05) is 9.79 Å². The van der Waals surface area contributed by atoms with Gasteiger partial charge in [0.15, 0.2) is 0 Å². The lowest BCUT2D eigenvalue weighted by atomic mass is 10.3. The van der Waals surface area contributed by atoms with Gasteiger partial charge in [0.05, 0.1) is 11.6 Å². The molecule has 0 spiro atoms. The summed E-state index contributed by atoms with van der Waals surface area (Å²) in [4.78, 5) is 2.43. The third kappa shape index (κ3) is 2.80. The molecule has 0 N–H and O–H groups in total. The highest BCUT2D eigenvalue weighted by Crippen LogP contribution is 2.33. The monoisotopic (exact) mass is 294 g/mol. The number of hydrogen-bond donors (Lipinski definition) is 0. The Morgan fingerprint density at radius 1 is 1.00 bits per heavy atom. The molecule has 0 atom stereocenters. The minimum atomic E-state index is 0.859. The van der Waals surface area contributed by atoms with Crippen molar-refractivity contribution >= 4 is 27.7 Å². The molecule has 0 radical (unpaired) electrons. The van der Waals surface area contributed by atoms with E-state index in [1.165, 1.54) is 9.79 Å². The molecule has 0 fully saturated rings. The van der Waals surface area contributed by atoms with Crippen LogP contribution in [0.2, 0.25) is 0 Å². The minimum Gasteiger partial charge on any atom is -0.496 e. The lowest BCUT2D eigenvalue weighted by molar-refractivity contribution is 0.412. The summed E-state index contributed by atoms with van der Waals surface area (Å²) >= 11 is 5.22. The molecule has 0 saturated heterocycles. The molecule has 82 valence electrons. The smallest absolute Gasteiger partial charge is 0.133 e. The number of ether oxygens (including phenoxy) is 1. The van der Waals surface area contributed by atoms with Gasteiger partial charge in [-0.15, -0.1) is 0 Å². The van der Waals surface area contributed by atoms with Crippen molar-refractivity contribution < 1.29 is 4.74 Å². The second-order valence-electron chi connectivity index (χ2n) is 3.21. The van der Waals surface area contributed by atoms with E-state index in [1.807, 2.05) is 24.3 Å². The summed E-state index contributed by atoms with van der Waals surface area (Å²) in [6.45, 7) is 0. The van der Waals surface area contributed by atoms with Crippen LogP contribution in [0.5, 0.6) is 5.75 Å². The molecular formula is C13H11BrOS. The fraction of sp³-hybridized carbons (Fsp3) is 0.0769. The largest absolute Gasteiger partial charge is 0.496 e. The topological polar surface area (TPSA) is 9.23 Å². The highest BCUT2D eigenvalue weighted by Gasteiger charge is 2.02. The summed E-state index contributed by atoms with van der Waals surface area (Å²) in [7, 11) is 1.67. The third-order valence-corrected chi connectivity index (χ3v) is 3.72. The summed E-state index contributed by atoms with van der Waals surface area (Å²) in [5, 5.41) is 0. The summed E-state index contributed by atoms with van der Waals surface area (Å²) in [6, 6.07) is 16.4. The van der Waals surface area contributed by atoms with Crippen LogP contribution in [0.1, 0.15) is 0 Å². The second-order valence-corrected chi connectivity index (χ2v) is 5.21. The maximum Gasteiger partial charge on any atom is 0.133 e. The van der Waals surface area contributed by atoms with E-state index >= 15 is 0 Å². The van der Waals surface area contributed by atoms with Gasteiger partial charge in [-0.2, -0.15) is 0 Å². The summed E-state index contributed by atoms with van der Waals surface area (Å²) in [5.74, 6) is 0.859. The number of benzene rings is 2. The molecule has 2 aromatic carbocycles. The first-order valence-corrected chi connectivity index (χ1v) is 6.47. The normalized spacial score (nSPS) is 10.1. The Morgan fingerprint density at radius 3 is 2.38 bits per heavy atom. The standard InChI is InChI=1S/C13H11BrOS/c1-15-13-8-7-11(9-12(13)14)16-10-5-3-2-4-6-10/h2-9H,1H3. The first-order chi connectivity index (χ1) is 7.79. The van der Waals surface area contributed by atoms with Gasteiger partial charge in [-0.3, -0.25) is 0 Å². The third-order valence-electron chi connectivity index (χ3n) is 2.10. The minimum absolute atomic E-state index is 0.859. The van der Waals surface area contributed by atoms with E-state index in [9.17, 15) is 0 Å². The van der Waals surface area contributed by atoms with Crippen molar-refractivity contribution in [1.82, 2.24) is 0 Å². The van der Waals surface area contributed by atoms with Crippen LogP contribution in [-0.2, 0) is 0 Å². The molecule has 0 aliphatic rings. The van der Waals surface area contributed by atoms with Gasteiger partial charge in [-0.05, 0) is 46.3 Å². The zero-order valence-corrected chi connectivity index (χ0v) is 11.2. The van der Waals surface area contributed by atoms with Crippen molar-refractivity contribution in [2.24, 2.45) is 0 Å². The Labute approximate surface area is 108 Å². The number of rotatable bonds is 3. The molecular weight excluding hydrogens is 284 g/mol. The van der Waals surface area contributed by atoms with Crippen molar-refractivity contribution in [3.63, 3.8) is 0 Å². The van der Waals surface area contributed by atoms with Gasteiger partial charge in [0.1, 0.15) is 5.75 Å². The van der Waals surface area contributed by atoms with E-state index < -0.39 is 0 Å². The van der Waals surface area contributed by atoms with Crippen LogP contribution in [0.15, 0.2) is 62.8 Å². The highest BCUT2D eigenvalue weighted by molar-refractivity contribution is 9.10. The summed E-state index contributed by atoms with van der Waals surface area (Å²) in [6.07, 6.45) is 0. The van der Waals surface area contributed by atoms with Gasteiger partial charge in [0.2, 0.25) is 0 Å². The van der Waals surface area contributed by atoms with E-state index in [0.717, 1.165) is 10.2 Å². The van der Waals surface area contributed by atoms with E-state index in [1.54, 1.807) is 18.9 Å². The molecule has 0 saturated carbocycles. The zero-order chi connectivity index (χ0) is 11.4. The molecule has 0 aromatic heterocycles. The Balaban J connectivity index is 2.20. The van der Waals surface area contributed by atoms with Crippen LogP contribution >= 0.6 is 27.7 Å². The maximum atomic E-state index is 5.19. The van der Waals surface area contributed by atoms with Crippen molar-refractivity contribution in [3.8, 4) is 5.75 Å². The predicted molar refractivity (Wildman–Crippen MR) is 71.3 cm³/mol. The molecule has 16 heavy (non-hydrogen) atoms. The van der Waals surface area contributed by atoms with Crippen LogP contribution in [-0.4, -0.2) is 7.11 Å². The fourth-order valence-corrected chi connectivity index (χ4v) is 2.91. The second kappa shape index (κ2) is 5.41. The highest BCUT2D eigenvalue weighted by atomic mass is 79.9. The molecule has 2 rings (SSSR count). The van der Waals surface area contributed by atoms with E-state index in [0.29, 0.717) is 0 Å². The Kier molecular flexibility index (Phi) is 3.91. The van der Waals surface area contributed by atoms with Crippen LogP contribution in [0.25, 0.3) is 0 Å². The quantitative estimate of drug-likeness (QED) is 0.818. The number of hydrogen-bond acceptors (Lipinski definition) is 2. The molecule has 0 unspecified atom stereocenters. The maximum absolute atomic E-state index is 5.19. The average Bonchev–Trinajstić information content (AvgIpc) is 2.31. The number of halogens is 1. The zero-order valence-electron chi connectivity index (χ0n) is 8.81. The van der Waals surface area contributed by atoms with Crippen LogP contribution in [0.4, 0.5) is 0 Å². The average molecular weight is 295 g/mol. The van der Waals surface area contributed by atoms with E-state index in [-0.39, 0.29) is 0 Å². The molecule has 3 heteroatoms. The lowest BCUT2D eigenvalue weighted by Crippen LogP contribution is -1.84. The Bertz CT molecular complexity index is 471. The fourth-order valence-electron chi connectivity index (χ4n) is 1.34. The Hall–Kier alpha value is -0.930. The van der Waals surface area contributed by atoms with Crippen molar-refractivity contribution in [1.29, 1.82) is 0 Å². The van der Waals surface area contributed by atoms with Gasteiger partial charge in [-0.25, -0.2) is 0 Å². The van der Waals surface area contributed by atoms with Gasteiger partial charge < -0.3 is 4.74 Å².